The fourth-order valence-electron chi connectivity index (χ4n) is 2.01. The van der Waals surface area contributed by atoms with E-state index >= 15 is 0 Å². The SMILES string of the molecule is CCC(Sc1ccc(Cl)cc1)C(=O)Nc1cc(C(F)(F)F)ccc1Cl. The second-order valence-electron chi connectivity index (χ2n) is 5.15. The van der Waals surface area contributed by atoms with Gasteiger partial charge < -0.3 is 5.32 Å². The number of anilines is 1. The number of carbonyl (C=O) groups excluding carboxylic acids is 1. The van der Waals surface area contributed by atoms with Crippen LogP contribution in [0.2, 0.25) is 10.0 Å². The van der Waals surface area contributed by atoms with Crippen molar-refractivity contribution in [1.82, 2.24) is 0 Å². The summed E-state index contributed by atoms with van der Waals surface area (Å²) in [6, 6.07) is 9.79. The van der Waals surface area contributed by atoms with Crippen molar-refractivity contribution < 1.29 is 18.0 Å². The summed E-state index contributed by atoms with van der Waals surface area (Å²) in [5.74, 6) is -0.413. The molecule has 0 saturated carbocycles. The lowest BCUT2D eigenvalue weighted by Gasteiger charge is -2.16. The van der Waals surface area contributed by atoms with E-state index in [1.54, 1.807) is 24.3 Å². The first-order valence-corrected chi connectivity index (χ1v) is 8.94. The molecule has 0 aliphatic heterocycles. The van der Waals surface area contributed by atoms with E-state index in [4.69, 9.17) is 23.2 Å². The van der Waals surface area contributed by atoms with Gasteiger partial charge in [0.15, 0.2) is 0 Å². The molecule has 2 nitrogen and oxygen atoms in total. The summed E-state index contributed by atoms with van der Waals surface area (Å²) in [5, 5.41) is 2.64. The molecule has 2 aromatic rings. The minimum atomic E-state index is -4.51. The lowest BCUT2D eigenvalue weighted by atomic mass is 10.2. The number of carbonyl (C=O) groups is 1. The summed E-state index contributed by atoms with van der Waals surface area (Å²) < 4.78 is 38.4. The second-order valence-corrected chi connectivity index (χ2v) is 7.27. The Labute approximate surface area is 157 Å². The van der Waals surface area contributed by atoms with Gasteiger partial charge in [-0.25, -0.2) is 0 Å². The van der Waals surface area contributed by atoms with Gasteiger partial charge in [0.2, 0.25) is 5.91 Å². The van der Waals surface area contributed by atoms with E-state index < -0.39 is 22.9 Å². The van der Waals surface area contributed by atoms with Crippen LogP contribution in [0.15, 0.2) is 47.4 Å². The van der Waals surface area contributed by atoms with Gasteiger partial charge in [-0.05, 0) is 48.9 Å². The van der Waals surface area contributed by atoms with Crippen LogP contribution in [0.5, 0.6) is 0 Å². The zero-order valence-electron chi connectivity index (χ0n) is 13.0. The van der Waals surface area contributed by atoms with E-state index in [9.17, 15) is 18.0 Å². The maximum Gasteiger partial charge on any atom is 0.416 e. The summed E-state index contributed by atoms with van der Waals surface area (Å²) in [7, 11) is 0. The summed E-state index contributed by atoms with van der Waals surface area (Å²) >= 11 is 13.0. The Bertz CT molecular complexity index is 751. The zero-order valence-corrected chi connectivity index (χ0v) is 15.4. The number of hydrogen-bond donors (Lipinski definition) is 1. The Kier molecular flexibility index (Phi) is 6.65. The van der Waals surface area contributed by atoms with Gasteiger partial charge in [0, 0.05) is 9.92 Å². The highest BCUT2D eigenvalue weighted by Gasteiger charge is 2.31. The first kappa shape index (κ1) is 19.9. The van der Waals surface area contributed by atoms with E-state index in [-0.39, 0.29) is 10.7 Å². The van der Waals surface area contributed by atoms with Crippen LogP contribution in [0.1, 0.15) is 18.9 Å². The quantitative estimate of drug-likeness (QED) is 0.571. The summed E-state index contributed by atoms with van der Waals surface area (Å²) in [6.45, 7) is 1.82. The van der Waals surface area contributed by atoms with Crippen molar-refractivity contribution in [1.29, 1.82) is 0 Å². The third-order valence-electron chi connectivity index (χ3n) is 3.31. The van der Waals surface area contributed by atoms with Crippen molar-refractivity contribution >= 4 is 46.6 Å². The number of alkyl halides is 3. The third-order valence-corrected chi connectivity index (χ3v) is 5.26. The molecular weight excluding hydrogens is 394 g/mol. The molecule has 1 unspecified atom stereocenters. The summed E-state index contributed by atoms with van der Waals surface area (Å²) in [5.41, 5.74) is -0.928. The van der Waals surface area contributed by atoms with Gasteiger partial charge in [-0.2, -0.15) is 13.2 Å². The molecule has 134 valence electrons. The van der Waals surface area contributed by atoms with Crippen LogP contribution in [0.25, 0.3) is 0 Å². The fraction of sp³-hybridized carbons (Fsp3) is 0.235. The van der Waals surface area contributed by atoms with E-state index in [0.717, 1.165) is 23.1 Å². The average molecular weight is 408 g/mol. The van der Waals surface area contributed by atoms with Crippen LogP contribution in [0, 0.1) is 0 Å². The molecule has 0 spiro atoms. The van der Waals surface area contributed by atoms with Crippen LogP contribution in [0.4, 0.5) is 18.9 Å². The highest BCUT2D eigenvalue weighted by Crippen LogP contribution is 2.34. The van der Waals surface area contributed by atoms with E-state index in [1.807, 2.05) is 6.92 Å². The molecule has 1 amide bonds. The molecule has 0 heterocycles. The highest BCUT2D eigenvalue weighted by molar-refractivity contribution is 8.00. The Morgan fingerprint density at radius 1 is 1.16 bits per heavy atom. The van der Waals surface area contributed by atoms with Crippen molar-refractivity contribution in [3.8, 4) is 0 Å². The van der Waals surface area contributed by atoms with Gasteiger partial charge in [0.25, 0.3) is 0 Å². The van der Waals surface area contributed by atoms with Gasteiger partial charge >= 0.3 is 6.18 Å². The van der Waals surface area contributed by atoms with Crippen molar-refractivity contribution in [2.45, 2.75) is 29.7 Å². The Morgan fingerprint density at radius 3 is 2.36 bits per heavy atom. The molecule has 0 aliphatic carbocycles. The van der Waals surface area contributed by atoms with Crippen LogP contribution in [-0.2, 0) is 11.0 Å². The first-order chi connectivity index (χ1) is 11.7. The minimum absolute atomic E-state index is 0.0488. The Hall–Kier alpha value is -1.37. The van der Waals surface area contributed by atoms with Crippen LogP contribution in [-0.4, -0.2) is 11.2 Å². The van der Waals surface area contributed by atoms with Gasteiger partial charge in [-0.15, -0.1) is 11.8 Å². The largest absolute Gasteiger partial charge is 0.416 e. The highest BCUT2D eigenvalue weighted by atomic mass is 35.5. The maximum atomic E-state index is 12.8. The molecule has 0 radical (unpaired) electrons. The molecule has 0 bridgehead atoms. The van der Waals surface area contributed by atoms with E-state index in [1.165, 1.54) is 11.8 Å². The molecule has 2 aromatic carbocycles. The number of halogens is 5. The molecule has 0 aromatic heterocycles. The number of amides is 1. The smallest absolute Gasteiger partial charge is 0.324 e. The zero-order chi connectivity index (χ0) is 18.6. The summed E-state index contributed by atoms with van der Waals surface area (Å²) in [4.78, 5) is 13.3. The number of rotatable bonds is 5. The maximum absolute atomic E-state index is 12.8. The second kappa shape index (κ2) is 8.34. The number of nitrogens with one attached hydrogen (secondary N) is 1. The third kappa shape index (κ3) is 5.56. The normalized spacial score (nSPS) is 12.7. The monoisotopic (exact) mass is 407 g/mol. The van der Waals surface area contributed by atoms with Crippen LogP contribution < -0.4 is 5.32 Å². The molecule has 1 N–H and O–H groups in total. The number of benzene rings is 2. The van der Waals surface area contributed by atoms with Crippen molar-refractivity contribution in [2.24, 2.45) is 0 Å². The molecule has 25 heavy (non-hydrogen) atoms. The van der Waals surface area contributed by atoms with Crippen molar-refractivity contribution in [3.05, 3.63) is 58.1 Å². The molecule has 8 heteroatoms. The molecule has 1 atom stereocenters. The van der Waals surface area contributed by atoms with E-state index in [2.05, 4.69) is 5.32 Å². The summed E-state index contributed by atoms with van der Waals surface area (Å²) in [6.07, 6.45) is -4.01. The lowest BCUT2D eigenvalue weighted by molar-refractivity contribution is -0.137. The first-order valence-electron chi connectivity index (χ1n) is 7.30. The molecular formula is C17H14Cl2F3NOS. The molecule has 2 rings (SSSR count). The number of hydrogen-bond acceptors (Lipinski definition) is 2. The average Bonchev–Trinajstić information content (AvgIpc) is 2.55. The Balaban J connectivity index is 2.15. The van der Waals surface area contributed by atoms with Gasteiger partial charge in [0.05, 0.1) is 21.5 Å². The molecule has 0 fully saturated rings. The molecule has 0 saturated heterocycles. The van der Waals surface area contributed by atoms with Gasteiger partial charge in [0.1, 0.15) is 0 Å². The van der Waals surface area contributed by atoms with E-state index in [0.29, 0.717) is 11.4 Å². The minimum Gasteiger partial charge on any atom is -0.324 e. The van der Waals surface area contributed by atoms with Gasteiger partial charge in [-0.3, -0.25) is 4.79 Å². The fourth-order valence-corrected chi connectivity index (χ4v) is 3.26. The van der Waals surface area contributed by atoms with Crippen molar-refractivity contribution in [2.75, 3.05) is 5.32 Å². The Morgan fingerprint density at radius 2 is 1.80 bits per heavy atom. The van der Waals surface area contributed by atoms with Crippen LogP contribution in [0.3, 0.4) is 0 Å². The number of thioether (sulfide) groups is 1. The topological polar surface area (TPSA) is 29.1 Å². The lowest BCUT2D eigenvalue weighted by Crippen LogP contribution is -2.25. The standard InChI is InChI=1S/C17H14Cl2F3NOS/c1-2-15(25-12-6-4-11(18)5-7-12)16(24)23-14-9-10(17(20,21)22)3-8-13(14)19/h3-9,15H,2H2,1H3,(H,23,24). The predicted octanol–water partition coefficient (Wildman–Crippen LogP) is 6.52. The van der Waals surface area contributed by atoms with Gasteiger partial charge in [-0.1, -0.05) is 30.1 Å². The van der Waals surface area contributed by atoms with Crippen molar-refractivity contribution in [3.63, 3.8) is 0 Å². The predicted molar refractivity (Wildman–Crippen MR) is 96.5 cm³/mol. The molecule has 0 aliphatic rings. The van der Waals surface area contributed by atoms with Crippen LogP contribution >= 0.6 is 35.0 Å².